The van der Waals surface area contributed by atoms with Crippen LogP contribution < -0.4 is 10.1 Å². The van der Waals surface area contributed by atoms with Gasteiger partial charge < -0.3 is 10.1 Å². The second-order valence-electron chi connectivity index (χ2n) is 4.83. The van der Waals surface area contributed by atoms with Crippen molar-refractivity contribution in [2.45, 2.75) is 39.7 Å². The molecule has 88 valence electrons. The zero-order valence-corrected chi connectivity index (χ0v) is 10.5. The van der Waals surface area contributed by atoms with Gasteiger partial charge in [-0.15, -0.1) is 0 Å². The third-order valence-corrected chi connectivity index (χ3v) is 3.20. The predicted molar refractivity (Wildman–Crippen MR) is 67.2 cm³/mol. The number of benzene rings is 1. The largest absolute Gasteiger partial charge is 0.491 e. The molecule has 1 atom stereocenters. The molecule has 0 amide bonds. The Balaban J connectivity index is 2.03. The molecular weight excluding hydrogens is 198 g/mol. The van der Waals surface area contributed by atoms with E-state index in [0.717, 1.165) is 18.9 Å². The molecule has 16 heavy (non-hydrogen) atoms. The van der Waals surface area contributed by atoms with Crippen molar-refractivity contribution in [1.82, 2.24) is 5.32 Å². The second-order valence-corrected chi connectivity index (χ2v) is 4.83. The summed E-state index contributed by atoms with van der Waals surface area (Å²) in [5.41, 5.74) is 3.80. The summed E-state index contributed by atoms with van der Waals surface area (Å²) in [6.45, 7) is 8.31. The van der Waals surface area contributed by atoms with E-state index < -0.39 is 0 Å². The van der Waals surface area contributed by atoms with E-state index in [-0.39, 0.29) is 0 Å². The molecule has 2 nitrogen and oxygen atoms in total. The maximum atomic E-state index is 5.94. The van der Waals surface area contributed by atoms with Crippen LogP contribution in [-0.2, 0) is 0 Å². The normalized spacial score (nSPS) is 20.1. The highest BCUT2D eigenvalue weighted by Gasteiger charge is 2.15. The highest BCUT2D eigenvalue weighted by molar-refractivity contribution is 5.42. The van der Waals surface area contributed by atoms with Crippen LogP contribution >= 0.6 is 0 Å². The van der Waals surface area contributed by atoms with Crippen molar-refractivity contribution in [1.29, 1.82) is 0 Å². The van der Waals surface area contributed by atoms with Crippen LogP contribution in [0.15, 0.2) is 12.1 Å². The van der Waals surface area contributed by atoms with Gasteiger partial charge in [-0.3, -0.25) is 0 Å². The number of aryl methyl sites for hydroxylation is 3. The molecule has 1 N–H and O–H groups in total. The van der Waals surface area contributed by atoms with Crippen molar-refractivity contribution in [2.24, 2.45) is 0 Å². The summed E-state index contributed by atoms with van der Waals surface area (Å²) in [7, 11) is 0. The van der Waals surface area contributed by atoms with Gasteiger partial charge in [0.25, 0.3) is 0 Å². The third-order valence-electron chi connectivity index (χ3n) is 3.20. The van der Waals surface area contributed by atoms with Crippen LogP contribution in [0.25, 0.3) is 0 Å². The number of ether oxygens (including phenoxy) is 1. The Kier molecular flexibility index (Phi) is 3.49. The minimum Gasteiger partial charge on any atom is -0.491 e. The van der Waals surface area contributed by atoms with Gasteiger partial charge in [-0.05, 0) is 51.3 Å². The van der Waals surface area contributed by atoms with Gasteiger partial charge in [-0.25, -0.2) is 0 Å². The van der Waals surface area contributed by atoms with Gasteiger partial charge in [-0.2, -0.15) is 0 Å². The highest BCUT2D eigenvalue weighted by atomic mass is 16.5. The van der Waals surface area contributed by atoms with Crippen LogP contribution in [0.4, 0.5) is 0 Å². The summed E-state index contributed by atoms with van der Waals surface area (Å²) < 4.78 is 5.94. The Morgan fingerprint density at radius 1 is 1.25 bits per heavy atom. The van der Waals surface area contributed by atoms with Crippen molar-refractivity contribution in [3.05, 3.63) is 28.8 Å². The average Bonchev–Trinajstić information content (AvgIpc) is 2.68. The van der Waals surface area contributed by atoms with Crippen LogP contribution in [0.3, 0.4) is 0 Å². The van der Waals surface area contributed by atoms with Gasteiger partial charge in [0.15, 0.2) is 0 Å². The minimum atomic E-state index is 0.542. The van der Waals surface area contributed by atoms with Gasteiger partial charge in [0, 0.05) is 6.04 Å². The number of hydrogen-bond acceptors (Lipinski definition) is 2. The fourth-order valence-corrected chi connectivity index (χ4v) is 2.48. The molecule has 1 fully saturated rings. The topological polar surface area (TPSA) is 21.3 Å². The van der Waals surface area contributed by atoms with E-state index in [1.54, 1.807) is 0 Å². The van der Waals surface area contributed by atoms with Crippen LogP contribution in [0, 0.1) is 20.8 Å². The van der Waals surface area contributed by atoms with E-state index in [2.05, 4.69) is 38.2 Å². The molecule has 1 aliphatic rings. The van der Waals surface area contributed by atoms with Gasteiger partial charge in [0.2, 0.25) is 0 Å². The summed E-state index contributed by atoms with van der Waals surface area (Å²) in [5, 5.41) is 3.45. The third kappa shape index (κ3) is 2.56. The zero-order chi connectivity index (χ0) is 11.5. The van der Waals surface area contributed by atoms with Crippen molar-refractivity contribution in [2.75, 3.05) is 13.2 Å². The first-order valence-electron chi connectivity index (χ1n) is 6.11. The lowest BCUT2D eigenvalue weighted by Crippen LogP contribution is -2.28. The molecule has 0 bridgehead atoms. The van der Waals surface area contributed by atoms with Gasteiger partial charge in [0.05, 0.1) is 0 Å². The standard InChI is InChI=1S/C14H21NO/c1-10-7-11(2)14(12(3)8-10)16-9-13-5-4-6-15-13/h7-8,13,15H,4-6,9H2,1-3H3/t13-/m1/s1. The molecule has 1 heterocycles. The Labute approximate surface area is 98.0 Å². The van der Waals surface area contributed by atoms with E-state index in [4.69, 9.17) is 4.74 Å². The van der Waals surface area contributed by atoms with Crippen LogP contribution in [-0.4, -0.2) is 19.2 Å². The maximum Gasteiger partial charge on any atom is 0.125 e. The summed E-state index contributed by atoms with van der Waals surface area (Å²) in [6.07, 6.45) is 2.52. The zero-order valence-electron chi connectivity index (χ0n) is 10.5. The number of nitrogens with one attached hydrogen (secondary N) is 1. The minimum absolute atomic E-state index is 0.542. The lowest BCUT2D eigenvalue weighted by Gasteiger charge is -2.16. The average molecular weight is 219 g/mol. The highest BCUT2D eigenvalue weighted by Crippen LogP contribution is 2.25. The molecule has 1 aromatic carbocycles. The molecule has 0 unspecified atom stereocenters. The smallest absolute Gasteiger partial charge is 0.125 e. The summed E-state index contributed by atoms with van der Waals surface area (Å²) in [5.74, 6) is 1.07. The SMILES string of the molecule is Cc1cc(C)c(OC[C@H]2CCCN2)c(C)c1. The number of rotatable bonds is 3. The second kappa shape index (κ2) is 4.88. The Bertz CT molecular complexity index is 344. The molecule has 0 spiro atoms. The van der Waals surface area contributed by atoms with Crippen LogP contribution in [0.5, 0.6) is 5.75 Å². The Hall–Kier alpha value is -1.02. The van der Waals surface area contributed by atoms with E-state index in [0.29, 0.717) is 6.04 Å². The molecule has 0 aromatic heterocycles. The van der Waals surface area contributed by atoms with Crippen molar-refractivity contribution >= 4 is 0 Å². The molecular formula is C14H21NO. The Morgan fingerprint density at radius 2 is 1.94 bits per heavy atom. The van der Waals surface area contributed by atoms with Gasteiger partial charge in [-0.1, -0.05) is 17.7 Å². The summed E-state index contributed by atoms with van der Waals surface area (Å²) >= 11 is 0. The van der Waals surface area contributed by atoms with Crippen LogP contribution in [0.2, 0.25) is 0 Å². The van der Waals surface area contributed by atoms with E-state index >= 15 is 0 Å². The predicted octanol–water partition coefficient (Wildman–Crippen LogP) is 2.74. The van der Waals surface area contributed by atoms with E-state index in [1.165, 1.54) is 29.5 Å². The lowest BCUT2D eigenvalue weighted by molar-refractivity contribution is 0.274. The van der Waals surface area contributed by atoms with Crippen LogP contribution in [0.1, 0.15) is 29.5 Å². The molecule has 0 aliphatic carbocycles. The van der Waals surface area contributed by atoms with Crippen molar-refractivity contribution < 1.29 is 4.74 Å². The first kappa shape index (κ1) is 11.5. The quantitative estimate of drug-likeness (QED) is 0.844. The summed E-state index contributed by atoms with van der Waals surface area (Å²) in [6, 6.07) is 4.91. The molecule has 1 aromatic rings. The monoisotopic (exact) mass is 219 g/mol. The molecule has 0 saturated carbocycles. The lowest BCUT2D eigenvalue weighted by atomic mass is 10.1. The molecule has 1 saturated heterocycles. The van der Waals surface area contributed by atoms with Gasteiger partial charge in [0.1, 0.15) is 12.4 Å². The first-order valence-corrected chi connectivity index (χ1v) is 6.11. The molecule has 2 heteroatoms. The van der Waals surface area contributed by atoms with Crippen molar-refractivity contribution in [3.63, 3.8) is 0 Å². The fraction of sp³-hybridized carbons (Fsp3) is 0.571. The summed E-state index contributed by atoms with van der Waals surface area (Å²) in [4.78, 5) is 0. The van der Waals surface area contributed by atoms with E-state index in [1.807, 2.05) is 0 Å². The molecule has 2 rings (SSSR count). The van der Waals surface area contributed by atoms with Crippen molar-refractivity contribution in [3.8, 4) is 5.75 Å². The van der Waals surface area contributed by atoms with E-state index in [9.17, 15) is 0 Å². The number of hydrogen-bond donors (Lipinski definition) is 1. The Morgan fingerprint density at radius 3 is 2.50 bits per heavy atom. The van der Waals surface area contributed by atoms with Gasteiger partial charge >= 0.3 is 0 Å². The first-order chi connectivity index (χ1) is 7.66. The maximum absolute atomic E-state index is 5.94. The fourth-order valence-electron chi connectivity index (χ4n) is 2.48. The molecule has 1 aliphatic heterocycles. The molecule has 0 radical (unpaired) electrons.